The van der Waals surface area contributed by atoms with Gasteiger partial charge in [-0.05, 0) is 42.0 Å². The minimum Gasteiger partial charge on any atom is -0.493 e. The largest absolute Gasteiger partial charge is 0.493 e. The number of non-ortho nitro benzene ring substituents is 1. The third-order valence-electron chi connectivity index (χ3n) is 4.94. The number of fused-ring (bicyclic) bond motifs is 1. The maximum Gasteiger partial charge on any atom is 0.270 e. The third kappa shape index (κ3) is 5.02. The zero-order valence-electron chi connectivity index (χ0n) is 18.4. The van der Waals surface area contributed by atoms with Crippen molar-refractivity contribution < 1.29 is 19.2 Å². The maximum absolute atomic E-state index is 13.3. The van der Waals surface area contributed by atoms with Crippen LogP contribution in [0, 0.1) is 10.1 Å². The van der Waals surface area contributed by atoms with Crippen LogP contribution in [0.25, 0.3) is 16.3 Å². The molecule has 2 aromatic carbocycles. The Morgan fingerprint density at radius 2 is 1.94 bits per heavy atom. The van der Waals surface area contributed by atoms with Crippen LogP contribution in [0.4, 0.5) is 10.8 Å². The Kier molecular flexibility index (Phi) is 6.79. The van der Waals surface area contributed by atoms with E-state index >= 15 is 0 Å². The van der Waals surface area contributed by atoms with Crippen LogP contribution in [0.5, 0.6) is 11.5 Å². The van der Waals surface area contributed by atoms with E-state index in [1.807, 2.05) is 18.2 Å². The van der Waals surface area contributed by atoms with E-state index in [9.17, 15) is 14.9 Å². The lowest BCUT2D eigenvalue weighted by Gasteiger charge is -2.17. The van der Waals surface area contributed by atoms with Gasteiger partial charge in [-0.2, -0.15) is 0 Å². The van der Waals surface area contributed by atoms with Crippen LogP contribution in [-0.4, -0.2) is 35.0 Å². The molecule has 2 heterocycles. The van der Waals surface area contributed by atoms with Gasteiger partial charge in [0.15, 0.2) is 16.6 Å². The summed E-state index contributed by atoms with van der Waals surface area (Å²) < 4.78 is 11.2. The molecule has 172 valence electrons. The molecule has 0 radical (unpaired) electrons. The van der Waals surface area contributed by atoms with Crippen LogP contribution >= 0.6 is 11.3 Å². The molecule has 0 aliphatic heterocycles. The Labute approximate surface area is 199 Å². The van der Waals surface area contributed by atoms with Gasteiger partial charge in [-0.3, -0.25) is 24.8 Å². The molecule has 4 rings (SSSR count). The van der Waals surface area contributed by atoms with Crippen LogP contribution in [-0.2, 0) is 11.3 Å². The number of methoxy groups -OCH3 is 2. The highest BCUT2D eigenvalue weighted by Crippen LogP contribution is 2.32. The monoisotopic (exact) mass is 476 g/mol. The van der Waals surface area contributed by atoms with Gasteiger partial charge in [-0.15, -0.1) is 0 Å². The van der Waals surface area contributed by atoms with Crippen LogP contribution in [0.3, 0.4) is 0 Å². The van der Waals surface area contributed by atoms with Gasteiger partial charge in [0.1, 0.15) is 0 Å². The molecule has 34 heavy (non-hydrogen) atoms. The van der Waals surface area contributed by atoms with E-state index < -0.39 is 4.92 Å². The summed E-state index contributed by atoms with van der Waals surface area (Å²) in [6.07, 6.45) is 4.77. The molecule has 0 fully saturated rings. The summed E-state index contributed by atoms with van der Waals surface area (Å²) in [5.41, 5.74) is 1.98. The number of amides is 1. The van der Waals surface area contributed by atoms with E-state index in [2.05, 4.69) is 9.97 Å². The standard InChI is InChI=1S/C24H20N4O5S/c1-32-20-10-6-16(13-21(20)33-2)7-11-23(29)27(15-17-5-3-4-12-25-17)24-26-19-9-8-18(28(30)31)14-22(19)34-24/h3-14H,15H2,1-2H3/b11-7+. The van der Waals surface area contributed by atoms with Gasteiger partial charge in [0.05, 0.1) is 41.6 Å². The number of pyridine rings is 1. The van der Waals surface area contributed by atoms with E-state index in [1.54, 1.807) is 50.8 Å². The highest BCUT2D eigenvalue weighted by molar-refractivity contribution is 7.22. The first-order valence-electron chi connectivity index (χ1n) is 10.1. The van der Waals surface area contributed by atoms with E-state index in [1.165, 1.54) is 34.4 Å². The molecular weight excluding hydrogens is 456 g/mol. The van der Waals surface area contributed by atoms with Crippen molar-refractivity contribution in [1.29, 1.82) is 0 Å². The first kappa shape index (κ1) is 22.9. The normalized spacial score (nSPS) is 11.0. The number of thiazole rings is 1. The van der Waals surface area contributed by atoms with E-state index in [-0.39, 0.29) is 18.1 Å². The minimum absolute atomic E-state index is 0.0290. The molecule has 10 heteroatoms. The Morgan fingerprint density at radius 1 is 1.12 bits per heavy atom. The lowest BCUT2D eigenvalue weighted by Crippen LogP contribution is -2.29. The van der Waals surface area contributed by atoms with Crippen molar-refractivity contribution in [2.45, 2.75) is 6.54 Å². The smallest absolute Gasteiger partial charge is 0.270 e. The number of carbonyl (C=O) groups is 1. The number of rotatable bonds is 8. The van der Waals surface area contributed by atoms with Crippen LogP contribution in [0.1, 0.15) is 11.3 Å². The third-order valence-corrected chi connectivity index (χ3v) is 5.98. The average Bonchev–Trinajstić information content (AvgIpc) is 3.29. The highest BCUT2D eigenvalue weighted by atomic mass is 32.1. The molecule has 0 bridgehead atoms. The van der Waals surface area contributed by atoms with Crippen LogP contribution in [0.15, 0.2) is 66.9 Å². The van der Waals surface area contributed by atoms with Gasteiger partial charge < -0.3 is 9.47 Å². The average molecular weight is 477 g/mol. The molecule has 0 saturated carbocycles. The molecule has 2 aromatic heterocycles. The predicted octanol–water partition coefficient (Wildman–Crippen LogP) is 4.86. The Balaban J connectivity index is 1.67. The summed E-state index contributed by atoms with van der Waals surface area (Å²) in [4.78, 5) is 34.3. The number of ether oxygens (including phenoxy) is 2. The van der Waals surface area contributed by atoms with Gasteiger partial charge in [0.2, 0.25) is 0 Å². The Bertz CT molecular complexity index is 1370. The van der Waals surface area contributed by atoms with E-state index in [0.29, 0.717) is 32.5 Å². The fraction of sp³-hybridized carbons (Fsp3) is 0.125. The number of hydrogen-bond donors (Lipinski definition) is 0. The molecule has 0 aliphatic carbocycles. The summed E-state index contributed by atoms with van der Waals surface area (Å²) >= 11 is 1.21. The second kappa shape index (κ2) is 10.1. The number of hydrogen-bond acceptors (Lipinski definition) is 8. The number of anilines is 1. The zero-order valence-corrected chi connectivity index (χ0v) is 19.2. The van der Waals surface area contributed by atoms with Crippen molar-refractivity contribution in [3.05, 3.63) is 88.2 Å². The molecule has 0 N–H and O–H groups in total. The van der Waals surface area contributed by atoms with Crippen molar-refractivity contribution in [2.24, 2.45) is 0 Å². The van der Waals surface area contributed by atoms with E-state index in [4.69, 9.17) is 9.47 Å². The lowest BCUT2D eigenvalue weighted by atomic mass is 10.2. The first-order chi connectivity index (χ1) is 16.5. The minimum atomic E-state index is -0.457. The Hall–Kier alpha value is -4.31. The van der Waals surface area contributed by atoms with Crippen LogP contribution < -0.4 is 14.4 Å². The quantitative estimate of drug-likeness (QED) is 0.203. The summed E-state index contributed by atoms with van der Waals surface area (Å²) in [5, 5.41) is 11.6. The summed E-state index contributed by atoms with van der Waals surface area (Å²) in [5.74, 6) is 0.829. The Morgan fingerprint density at radius 3 is 2.65 bits per heavy atom. The van der Waals surface area contributed by atoms with Gasteiger partial charge in [0.25, 0.3) is 11.6 Å². The van der Waals surface area contributed by atoms with Crippen molar-refractivity contribution in [1.82, 2.24) is 9.97 Å². The van der Waals surface area contributed by atoms with Crippen molar-refractivity contribution in [2.75, 3.05) is 19.1 Å². The summed E-state index contributed by atoms with van der Waals surface area (Å²) in [6, 6.07) is 15.2. The number of carbonyl (C=O) groups excluding carboxylic acids is 1. The molecule has 9 nitrogen and oxygen atoms in total. The van der Waals surface area contributed by atoms with Crippen molar-refractivity contribution in [3.63, 3.8) is 0 Å². The van der Waals surface area contributed by atoms with Gasteiger partial charge in [0, 0.05) is 24.4 Å². The molecule has 0 saturated heterocycles. The maximum atomic E-state index is 13.3. The molecule has 0 spiro atoms. The lowest BCUT2D eigenvalue weighted by molar-refractivity contribution is -0.384. The first-order valence-corrected chi connectivity index (χ1v) is 11.0. The molecule has 4 aromatic rings. The number of benzene rings is 2. The van der Waals surface area contributed by atoms with Crippen LogP contribution in [0.2, 0.25) is 0 Å². The SMILES string of the molecule is COc1ccc(/C=C/C(=O)N(Cc2ccccn2)c2nc3ccc([N+](=O)[O-])cc3s2)cc1OC. The second-order valence-corrected chi connectivity index (χ2v) is 8.11. The van der Waals surface area contributed by atoms with Crippen molar-refractivity contribution >= 4 is 44.4 Å². The summed E-state index contributed by atoms with van der Waals surface area (Å²) in [7, 11) is 3.10. The molecule has 1 amide bonds. The highest BCUT2D eigenvalue weighted by Gasteiger charge is 2.20. The van der Waals surface area contributed by atoms with Gasteiger partial charge in [-0.25, -0.2) is 4.98 Å². The number of nitro groups is 1. The van der Waals surface area contributed by atoms with E-state index in [0.717, 1.165) is 5.56 Å². The van der Waals surface area contributed by atoms with Gasteiger partial charge >= 0.3 is 0 Å². The molecule has 0 atom stereocenters. The fourth-order valence-corrected chi connectivity index (χ4v) is 4.24. The zero-order chi connectivity index (χ0) is 24.1. The number of nitrogens with zero attached hydrogens (tertiary/aromatic N) is 4. The number of aromatic nitrogens is 2. The van der Waals surface area contributed by atoms with Gasteiger partial charge in [-0.1, -0.05) is 23.5 Å². The topological polar surface area (TPSA) is 108 Å². The second-order valence-electron chi connectivity index (χ2n) is 7.10. The molecule has 0 unspecified atom stereocenters. The molecular formula is C24H20N4O5S. The molecule has 0 aliphatic rings. The summed E-state index contributed by atoms with van der Waals surface area (Å²) in [6.45, 7) is 0.192. The van der Waals surface area contributed by atoms with Crippen molar-refractivity contribution in [3.8, 4) is 11.5 Å². The number of nitro benzene ring substituents is 1. The fourth-order valence-electron chi connectivity index (χ4n) is 3.24. The predicted molar refractivity (Wildman–Crippen MR) is 130 cm³/mol.